The van der Waals surface area contributed by atoms with Crippen molar-refractivity contribution in [2.75, 3.05) is 13.1 Å². The summed E-state index contributed by atoms with van der Waals surface area (Å²) in [4.78, 5) is 2.53. The minimum absolute atomic E-state index is 0.0666. The molecule has 0 aliphatic carbocycles. The molecule has 106 valence electrons. The molecule has 0 aliphatic rings. The average Bonchev–Trinajstić information content (AvgIpc) is 2.35. The van der Waals surface area contributed by atoms with Crippen LogP contribution >= 0.6 is 0 Å². The van der Waals surface area contributed by atoms with Crippen molar-refractivity contribution in [3.8, 4) is 0 Å². The number of benzene rings is 1. The van der Waals surface area contributed by atoms with E-state index < -0.39 is 10.1 Å². The minimum atomic E-state index is -4.02. The Morgan fingerprint density at radius 3 is 2.32 bits per heavy atom. The fourth-order valence-electron chi connectivity index (χ4n) is 1.08. The number of hydrogen-bond acceptors (Lipinski definition) is 4. The van der Waals surface area contributed by atoms with Crippen LogP contribution in [0.3, 0.4) is 0 Å². The van der Waals surface area contributed by atoms with E-state index >= 15 is 0 Å². The van der Waals surface area contributed by atoms with E-state index in [-0.39, 0.29) is 4.90 Å². The molecule has 1 aromatic carbocycles. The standard InChI is InChI=1S/C7H8O3S.C4H10N4/c1-6-2-4-7(5-3-6)11(8,9)10;5-3-1-2-4-7-8-6/h2-5H,1H3,(H,8,9,10);1-5H2. The molecule has 7 nitrogen and oxygen atoms in total. The van der Waals surface area contributed by atoms with Gasteiger partial charge in [-0.25, -0.2) is 0 Å². The first kappa shape index (κ1) is 17.4. The number of nitrogens with two attached hydrogens (primary N) is 1. The highest BCUT2D eigenvalue weighted by molar-refractivity contribution is 7.85. The molecule has 3 N–H and O–H groups in total. The lowest BCUT2D eigenvalue weighted by atomic mass is 10.2. The summed E-state index contributed by atoms with van der Waals surface area (Å²) < 4.78 is 29.6. The Balaban J connectivity index is 0.000000362. The van der Waals surface area contributed by atoms with Crippen molar-refractivity contribution in [2.24, 2.45) is 10.8 Å². The van der Waals surface area contributed by atoms with Gasteiger partial charge in [0.2, 0.25) is 0 Å². The molecule has 1 rings (SSSR count). The summed E-state index contributed by atoms with van der Waals surface area (Å²) >= 11 is 0. The number of aryl methyl sites for hydroxylation is 1. The maximum atomic E-state index is 10.5. The van der Waals surface area contributed by atoms with Gasteiger partial charge in [-0.15, -0.1) is 0 Å². The number of hydrogen-bond donors (Lipinski definition) is 2. The van der Waals surface area contributed by atoms with Gasteiger partial charge in [-0.2, -0.15) is 8.42 Å². The van der Waals surface area contributed by atoms with Gasteiger partial charge < -0.3 is 5.73 Å². The van der Waals surface area contributed by atoms with Gasteiger partial charge in [0, 0.05) is 11.5 Å². The molecule has 0 aromatic heterocycles. The molecule has 0 unspecified atom stereocenters. The first-order chi connectivity index (χ1) is 8.91. The predicted molar refractivity (Wildman–Crippen MR) is 73.3 cm³/mol. The normalized spacial score (nSPS) is 10.1. The molecular weight excluding hydrogens is 268 g/mol. The van der Waals surface area contributed by atoms with Crippen molar-refractivity contribution in [3.05, 3.63) is 40.3 Å². The highest BCUT2D eigenvalue weighted by atomic mass is 32.2. The van der Waals surface area contributed by atoms with Crippen molar-refractivity contribution in [1.82, 2.24) is 0 Å². The van der Waals surface area contributed by atoms with Gasteiger partial charge in [0.15, 0.2) is 0 Å². The van der Waals surface area contributed by atoms with Crippen LogP contribution in [0.5, 0.6) is 0 Å². The molecule has 0 radical (unpaired) electrons. The monoisotopic (exact) mass is 286 g/mol. The minimum Gasteiger partial charge on any atom is -0.330 e. The van der Waals surface area contributed by atoms with E-state index in [1.807, 2.05) is 6.92 Å². The maximum absolute atomic E-state index is 10.5. The predicted octanol–water partition coefficient (Wildman–Crippen LogP) is 2.28. The Morgan fingerprint density at radius 1 is 1.32 bits per heavy atom. The molecule has 0 heterocycles. The van der Waals surface area contributed by atoms with Crippen molar-refractivity contribution in [2.45, 2.75) is 24.7 Å². The third-order valence-corrected chi connectivity index (χ3v) is 2.96. The van der Waals surface area contributed by atoms with E-state index in [2.05, 4.69) is 10.0 Å². The fourth-order valence-corrected chi connectivity index (χ4v) is 1.56. The van der Waals surface area contributed by atoms with E-state index in [1.54, 1.807) is 12.1 Å². The van der Waals surface area contributed by atoms with E-state index in [1.165, 1.54) is 12.1 Å². The zero-order chi connectivity index (χ0) is 14.7. The van der Waals surface area contributed by atoms with Crippen LogP contribution in [-0.4, -0.2) is 26.1 Å². The van der Waals surface area contributed by atoms with E-state index in [4.69, 9.17) is 15.8 Å². The first-order valence-electron chi connectivity index (χ1n) is 5.67. The zero-order valence-corrected chi connectivity index (χ0v) is 11.5. The molecule has 0 fully saturated rings. The number of nitrogens with zero attached hydrogens (tertiary/aromatic N) is 3. The van der Waals surface area contributed by atoms with Crippen LogP contribution < -0.4 is 5.73 Å². The van der Waals surface area contributed by atoms with Crippen LogP contribution in [0.2, 0.25) is 0 Å². The largest absolute Gasteiger partial charge is 0.330 e. The van der Waals surface area contributed by atoms with Crippen LogP contribution in [-0.2, 0) is 10.1 Å². The Morgan fingerprint density at radius 2 is 1.89 bits per heavy atom. The van der Waals surface area contributed by atoms with Crippen LogP contribution in [0, 0.1) is 6.92 Å². The van der Waals surface area contributed by atoms with Gasteiger partial charge in [0.25, 0.3) is 10.1 Å². The fraction of sp³-hybridized carbons (Fsp3) is 0.455. The Kier molecular flexibility index (Phi) is 8.56. The van der Waals surface area contributed by atoms with E-state index in [0.717, 1.165) is 18.4 Å². The van der Waals surface area contributed by atoms with E-state index in [0.29, 0.717) is 13.1 Å². The maximum Gasteiger partial charge on any atom is 0.294 e. The molecule has 0 amide bonds. The van der Waals surface area contributed by atoms with Crippen molar-refractivity contribution in [1.29, 1.82) is 0 Å². The number of unbranched alkanes of at least 4 members (excludes halogenated alkanes) is 1. The number of azide groups is 1. The molecular formula is C11H18N4O3S. The topological polar surface area (TPSA) is 129 Å². The Hall–Kier alpha value is -1.60. The smallest absolute Gasteiger partial charge is 0.294 e. The van der Waals surface area contributed by atoms with Crippen molar-refractivity contribution >= 4 is 10.1 Å². The van der Waals surface area contributed by atoms with Gasteiger partial charge in [-0.1, -0.05) is 22.8 Å². The van der Waals surface area contributed by atoms with Gasteiger partial charge >= 0.3 is 0 Å². The molecule has 0 spiro atoms. The molecule has 19 heavy (non-hydrogen) atoms. The van der Waals surface area contributed by atoms with Crippen molar-refractivity contribution < 1.29 is 13.0 Å². The number of rotatable bonds is 5. The Bertz CT molecular complexity index is 507. The lowest BCUT2D eigenvalue weighted by molar-refractivity contribution is 0.483. The van der Waals surface area contributed by atoms with Gasteiger partial charge in [0.1, 0.15) is 0 Å². The lowest BCUT2D eigenvalue weighted by Crippen LogP contribution is -1.98. The zero-order valence-electron chi connectivity index (χ0n) is 10.7. The SMILES string of the molecule is Cc1ccc(S(=O)(=O)O)cc1.[N-]=[N+]=NCCCCN. The third kappa shape index (κ3) is 9.04. The summed E-state index contributed by atoms with van der Waals surface area (Å²) in [5.74, 6) is 0. The second kappa shape index (κ2) is 9.35. The summed E-state index contributed by atoms with van der Waals surface area (Å²) in [6.07, 6.45) is 1.85. The average molecular weight is 286 g/mol. The first-order valence-corrected chi connectivity index (χ1v) is 7.11. The summed E-state index contributed by atoms with van der Waals surface area (Å²) in [6, 6.07) is 5.99. The van der Waals surface area contributed by atoms with Gasteiger partial charge in [0.05, 0.1) is 4.90 Å². The summed E-state index contributed by atoms with van der Waals surface area (Å²) in [7, 11) is -4.02. The second-order valence-corrected chi connectivity index (χ2v) is 5.16. The van der Waals surface area contributed by atoms with Crippen LogP contribution in [0.25, 0.3) is 10.4 Å². The molecule has 0 saturated carbocycles. The lowest BCUT2D eigenvalue weighted by Gasteiger charge is -1.95. The highest BCUT2D eigenvalue weighted by Crippen LogP contribution is 2.08. The van der Waals surface area contributed by atoms with Crippen LogP contribution in [0.1, 0.15) is 18.4 Å². The molecule has 8 heteroatoms. The quantitative estimate of drug-likeness (QED) is 0.283. The van der Waals surface area contributed by atoms with Crippen LogP contribution in [0.15, 0.2) is 34.3 Å². The molecule has 1 aromatic rings. The molecule has 0 aliphatic heterocycles. The summed E-state index contributed by atoms with van der Waals surface area (Å²) in [5.41, 5.74) is 13.9. The van der Waals surface area contributed by atoms with Crippen molar-refractivity contribution in [3.63, 3.8) is 0 Å². The van der Waals surface area contributed by atoms with Gasteiger partial charge in [-0.3, -0.25) is 4.55 Å². The second-order valence-electron chi connectivity index (χ2n) is 3.74. The molecule has 0 saturated heterocycles. The summed E-state index contributed by atoms with van der Waals surface area (Å²) in [5, 5.41) is 3.33. The highest BCUT2D eigenvalue weighted by Gasteiger charge is 2.06. The Labute approximate surface area is 112 Å². The third-order valence-electron chi connectivity index (χ3n) is 2.09. The molecule has 0 atom stereocenters. The van der Waals surface area contributed by atoms with Crippen LogP contribution in [0.4, 0.5) is 0 Å². The molecule has 0 bridgehead atoms. The van der Waals surface area contributed by atoms with Gasteiger partial charge in [-0.05, 0) is 44.0 Å². The van der Waals surface area contributed by atoms with E-state index in [9.17, 15) is 8.42 Å². The summed E-state index contributed by atoms with van der Waals surface area (Å²) in [6.45, 7) is 3.10.